The van der Waals surface area contributed by atoms with E-state index >= 15 is 0 Å². The average molecular weight is 761 g/mol. The fourth-order valence-electron chi connectivity index (χ4n) is 6.14. The van der Waals surface area contributed by atoms with Crippen molar-refractivity contribution in [3.05, 3.63) is 12.2 Å². The van der Waals surface area contributed by atoms with E-state index in [0.717, 1.165) is 38.5 Å². The number of phosphoric ester groups is 1. The highest BCUT2D eigenvalue weighted by atomic mass is 31.2. The van der Waals surface area contributed by atoms with Gasteiger partial charge >= 0.3 is 13.8 Å². The van der Waals surface area contributed by atoms with Crippen molar-refractivity contribution in [2.75, 3.05) is 54.1 Å². The first-order chi connectivity index (χ1) is 25.1. The lowest BCUT2D eigenvalue weighted by Gasteiger charge is -2.24. The van der Waals surface area contributed by atoms with E-state index in [4.69, 9.17) is 18.5 Å². The summed E-state index contributed by atoms with van der Waals surface area (Å²) in [5, 5.41) is 0. The summed E-state index contributed by atoms with van der Waals surface area (Å²) in [5.74, 6) is -0.319. The smallest absolute Gasteiger partial charge is 0.457 e. The summed E-state index contributed by atoms with van der Waals surface area (Å²) >= 11 is 0. The van der Waals surface area contributed by atoms with Gasteiger partial charge < -0.3 is 18.9 Å². The fraction of sp³-hybridized carbons (Fsp3) is 0.930. The predicted molar refractivity (Wildman–Crippen MR) is 220 cm³/mol. The quantitative estimate of drug-likeness (QED) is 0.0218. The maximum Gasteiger partial charge on any atom is 0.472 e. The van der Waals surface area contributed by atoms with Crippen molar-refractivity contribution >= 4 is 13.8 Å². The molecule has 310 valence electrons. The van der Waals surface area contributed by atoms with E-state index in [1.165, 1.54) is 141 Å². The van der Waals surface area contributed by atoms with Gasteiger partial charge in [-0.05, 0) is 38.5 Å². The van der Waals surface area contributed by atoms with E-state index in [2.05, 4.69) is 26.0 Å². The number of hydrogen-bond acceptors (Lipinski definition) is 6. The third-order valence-corrected chi connectivity index (χ3v) is 10.6. The van der Waals surface area contributed by atoms with Gasteiger partial charge in [0.2, 0.25) is 0 Å². The van der Waals surface area contributed by atoms with Gasteiger partial charge in [-0.2, -0.15) is 0 Å². The first-order valence-corrected chi connectivity index (χ1v) is 23.4. The van der Waals surface area contributed by atoms with Gasteiger partial charge in [-0.3, -0.25) is 13.8 Å². The SMILES string of the molecule is CCCCCCCCC/C=C\CCCCCCCC(=O)O[C@H](COCCCCCCCCCCCCCCCC)COP(=O)(O)OCC[N+](C)(C)C. The maximum atomic E-state index is 12.7. The van der Waals surface area contributed by atoms with Crippen LogP contribution in [0.1, 0.15) is 200 Å². The van der Waals surface area contributed by atoms with Crippen LogP contribution in [0.3, 0.4) is 0 Å². The van der Waals surface area contributed by atoms with Crippen molar-refractivity contribution in [2.45, 2.75) is 206 Å². The van der Waals surface area contributed by atoms with Gasteiger partial charge in [0, 0.05) is 13.0 Å². The van der Waals surface area contributed by atoms with Crippen LogP contribution in [0.15, 0.2) is 12.2 Å². The number of rotatable bonds is 41. The molecule has 0 saturated heterocycles. The van der Waals surface area contributed by atoms with Crippen LogP contribution in [-0.4, -0.2) is 75.6 Å². The molecule has 0 radical (unpaired) electrons. The molecule has 1 unspecified atom stereocenters. The molecular formula is C43H87NO7P+. The molecule has 0 aromatic rings. The molecule has 1 N–H and O–H groups in total. The molecule has 0 aliphatic rings. The van der Waals surface area contributed by atoms with Crippen molar-refractivity contribution in [3.63, 3.8) is 0 Å². The summed E-state index contributed by atoms with van der Waals surface area (Å²) in [6, 6.07) is 0. The summed E-state index contributed by atoms with van der Waals surface area (Å²) in [4.78, 5) is 22.9. The van der Waals surface area contributed by atoms with Gasteiger partial charge in [-0.25, -0.2) is 4.57 Å². The van der Waals surface area contributed by atoms with E-state index in [1.807, 2.05) is 21.1 Å². The molecule has 0 amide bonds. The number of carbonyl (C=O) groups excluding carboxylic acids is 1. The van der Waals surface area contributed by atoms with Crippen molar-refractivity contribution in [2.24, 2.45) is 0 Å². The largest absolute Gasteiger partial charge is 0.472 e. The first kappa shape index (κ1) is 51.2. The fourth-order valence-corrected chi connectivity index (χ4v) is 6.88. The normalized spacial score (nSPS) is 13.9. The molecule has 0 heterocycles. The molecule has 0 fully saturated rings. The Labute approximate surface area is 322 Å². The third kappa shape index (κ3) is 40.4. The van der Waals surface area contributed by atoms with Crippen molar-refractivity contribution in [3.8, 4) is 0 Å². The highest BCUT2D eigenvalue weighted by Crippen LogP contribution is 2.43. The Bertz CT molecular complexity index is 848. The zero-order valence-corrected chi connectivity index (χ0v) is 36.0. The van der Waals surface area contributed by atoms with Crippen molar-refractivity contribution in [1.29, 1.82) is 0 Å². The number of phosphoric acid groups is 1. The van der Waals surface area contributed by atoms with Gasteiger partial charge in [0.05, 0.1) is 34.4 Å². The highest BCUT2D eigenvalue weighted by Gasteiger charge is 2.26. The molecule has 0 bridgehead atoms. The maximum absolute atomic E-state index is 12.7. The van der Waals surface area contributed by atoms with Gasteiger partial charge in [-0.15, -0.1) is 0 Å². The number of carbonyl (C=O) groups is 1. The highest BCUT2D eigenvalue weighted by molar-refractivity contribution is 7.47. The summed E-state index contributed by atoms with van der Waals surface area (Å²) < 4.78 is 35.0. The Kier molecular flexibility index (Phi) is 36.6. The van der Waals surface area contributed by atoms with Crippen molar-refractivity contribution in [1.82, 2.24) is 0 Å². The van der Waals surface area contributed by atoms with Crippen LogP contribution < -0.4 is 0 Å². The Hall–Kier alpha value is -0.760. The molecule has 9 heteroatoms. The Morgan fingerprint density at radius 3 is 1.46 bits per heavy atom. The Morgan fingerprint density at radius 2 is 1.00 bits per heavy atom. The van der Waals surface area contributed by atoms with Gasteiger partial charge in [0.25, 0.3) is 0 Å². The number of hydrogen-bond donors (Lipinski definition) is 1. The standard InChI is InChI=1S/C43H86NO7P/c1-6-8-10-12-14-16-18-20-22-23-24-26-28-30-32-34-36-43(45)51-42(41-50-52(46,47)49-39-37-44(3,4)5)40-48-38-35-33-31-29-27-25-21-19-17-15-13-11-9-7-2/h22-23,42H,6-21,24-41H2,1-5H3/p+1/b23-22-/t42-/m1/s1. The summed E-state index contributed by atoms with van der Waals surface area (Å²) in [6.45, 7) is 5.64. The molecule has 8 nitrogen and oxygen atoms in total. The minimum absolute atomic E-state index is 0.0902. The minimum Gasteiger partial charge on any atom is -0.457 e. The van der Waals surface area contributed by atoms with Crippen molar-refractivity contribution < 1.29 is 37.3 Å². The Balaban J connectivity index is 4.23. The first-order valence-electron chi connectivity index (χ1n) is 21.9. The molecule has 2 atom stereocenters. The van der Waals surface area contributed by atoms with Gasteiger partial charge in [0.1, 0.15) is 19.3 Å². The Morgan fingerprint density at radius 1 is 0.577 bits per heavy atom. The molecule has 52 heavy (non-hydrogen) atoms. The molecule has 0 spiro atoms. The van der Waals surface area contributed by atoms with E-state index in [-0.39, 0.29) is 25.8 Å². The number of ether oxygens (including phenoxy) is 2. The van der Waals surface area contributed by atoms with E-state index in [1.54, 1.807) is 0 Å². The van der Waals surface area contributed by atoms with Crippen LogP contribution >= 0.6 is 7.82 Å². The number of likely N-dealkylation sites (N-methyl/N-ethyl adjacent to an activating group) is 1. The van der Waals surface area contributed by atoms with Crippen LogP contribution in [0.2, 0.25) is 0 Å². The van der Waals surface area contributed by atoms with Crippen LogP contribution in [0, 0.1) is 0 Å². The monoisotopic (exact) mass is 761 g/mol. The van der Waals surface area contributed by atoms with E-state index in [0.29, 0.717) is 24.1 Å². The summed E-state index contributed by atoms with van der Waals surface area (Å²) in [7, 11) is 1.67. The van der Waals surface area contributed by atoms with Crippen LogP contribution in [0.4, 0.5) is 0 Å². The molecule has 0 rings (SSSR count). The number of unbranched alkanes of at least 4 members (excludes halogenated alkanes) is 25. The second kappa shape index (κ2) is 37.2. The lowest BCUT2D eigenvalue weighted by Crippen LogP contribution is -2.37. The number of esters is 1. The molecule has 0 aliphatic heterocycles. The second-order valence-corrected chi connectivity index (χ2v) is 17.5. The van der Waals surface area contributed by atoms with Crippen LogP contribution in [-0.2, 0) is 27.9 Å². The average Bonchev–Trinajstić information content (AvgIpc) is 3.09. The van der Waals surface area contributed by atoms with E-state index < -0.39 is 13.9 Å². The lowest BCUT2D eigenvalue weighted by atomic mass is 10.0. The third-order valence-electron chi connectivity index (χ3n) is 9.58. The second-order valence-electron chi connectivity index (χ2n) is 16.1. The molecule has 0 aromatic carbocycles. The lowest BCUT2D eigenvalue weighted by molar-refractivity contribution is -0.870. The topological polar surface area (TPSA) is 91.3 Å². The zero-order valence-electron chi connectivity index (χ0n) is 35.1. The van der Waals surface area contributed by atoms with Crippen LogP contribution in [0.5, 0.6) is 0 Å². The molecule has 0 aliphatic carbocycles. The number of nitrogens with zero attached hydrogens (tertiary/aromatic N) is 1. The number of quaternary nitrogens is 1. The predicted octanol–water partition coefficient (Wildman–Crippen LogP) is 12.7. The zero-order chi connectivity index (χ0) is 38.4. The van der Waals surface area contributed by atoms with E-state index in [9.17, 15) is 14.3 Å². The minimum atomic E-state index is -4.27. The molecular weight excluding hydrogens is 673 g/mol. The van der Waals surface area contributed by atoms with Gasteiger partial charge in [-0.1, -0.05) is 167 Å². The summed E-state index contributed by atoms with van der Waals surface area (Å²) in [6.07, 6.45) is 39.5. The summed E-state index contributed by atoms with van der Waals surface area (Å²) in [5.41, 5.74) is 0. The van der Waals surface area contributed by atoms with Gasteiger partial charge in [0.15, 0.2) is 0 Å². The molecule has 0 saturated carbocycles. The number of allylic oxidation sites excluding steroid dienone is 2. The van der Waals surface area contributed by atoms with Crippen LogP contribution in [0.25, 0.3) is 0 Å². The molecule has 0 aromatic heterocycles.